The molecule has 0 amide bonds. The molecule has 1 saturated carbocycles. The molecule has 3 heteroatoms. The zero-order chi connectivity index (χ0) is 9.68. The smallest absolute Gasteiger partial charge is 0.309 e. The average molecular weight is 184 g/mol. The van der Waals surface area contributed by atoms with Crippen molar-refractivity contribution in [2.45, 2.75) is 31.8 Å². The largest absolute Gasteiger partial charge is 0.481 e. The molecule has 2 unspecified atom stereocenters. The predicted molar refractivity (Wildman–Crippen MR) is 49.5 cm³/mol. The van der Waals surface area contributed by atoms with Gasteiger partial charge in [0, 0.05) is 0 Å². The van der Waals surface area contributed by atoms with Crippen molar-refractivity contribution in [1.82, 2.24) is 0 Å². The monoisotopic (exact) mass is 184 g/mol. The van der Waals surface area contributed by atoms with E-state index in [0.29, 0.717) is 6.61 Å². The summed E-state index contributed by atoms with van der Waals surface area (Å²) < 4.78 is 5.47. The fraction of sp³-hybridized carbons (Fsp3) is 0.700. The molecule has 1 fully saturated rings. The second kappa shape index (κ2) is 5.02. The van der Waals surface area contributed by atoms with Crippen molar-refractivity contribution < 1.29 is 14.6 Å². The Labute approximate surface area is 78.4 Å². The minimum Gasteiger partial charge on any atom is -0.481 e. The Balaban J connectivity index is 2.31. The molecule has 1 aliphatic carbocycles. The highest BCUT2D eigenvalue weighted by molar-refractivity contribution is 5.71. The summed E-state index contributed by atoms with van der Waals surface area (Å²) in [7, 11) is 0. The zero-order valence-corrected chi connectivity index (χ0v) is 7.74. The van der Waals surface area contributed by atoms with Crippen LogP contribution in [0.4, 0.5) is 0 Å². The SMILES string of the molecule is C=CCCOC1CCCC1C(=O)O. The summed E-state index contributed by atoms with van der Waals surface area (Å²) in [5.41, 5.74) is 0. The van der Waals surface area contributed by atoms with E-state index in [9.17, 15) is 4.79 Å². The summed E-state index contributed by atoms with van der Waals surface area (Å²) in [5, 5.41) is 8.84. The average Bonchev–Trinajstić information content (AvgIpc) is 2.53. The van der Waals surface area contributed by atoms with E-state index in [1.165, 1.54) is 0 Å². The van der Waals surface area contributed by atoms with E-state index in [2.05, 4.69) is 6.58 Å². The lowest BCUT2D eigenvalue weighted by atomic mass is 10.1. The third-order valence-corrected chi connectivity index (χ3v) is 2.42. The van der Waals surface area contributed by atoms with Crippen molar-refractivity contribution in [3.63, 3.8) is 0 Å². The van der Waals surface area contributed by atoms with Crippen LogP contribution >= 0.6 is 0 Å². The lowest BCUT2D eigenvalue weighted by Crippen LogP contribution is -2.25. The molecule has 0 aliphatic heterocycles. The van der Waals surface area contributed by atoms with Crippen LogP contribution in [0.25, 0.3) is 0 Å². The highest BCUT2D eigenvalue weighted by Crippen LogP contribution is 2.28. The minimum atomic E-state index is -0.721. The molecule has 0 bridgehead atoms. The van der Waals surface area contributed by atoms with Crippen molar-refractivity contribution in [2.24, 2.45) is 5.92 Å². The van der Waals surface area contributed by atoms with Crippen LogP contribution in [0.5, 0.6) is 0 Å². The first-order chi connectivity index (χ1) is 6.25. The van der Waals surface area contributed by atoms with Crippen LogP contribution in [0.1, 0.15) is 25.7 Å². The van der Waals surface area contributed by atoms with Crippen molar-refractivity contribution in [3.05, 3.63) is 12.7 Å². The Morgan fingerprint density at radius 1 is 1.62 bits per heavy atom. The highest BCUT2D eigenvalue weighted by atomic mass is 16.5. The number of carboxylic acids is 1. The summed E-state index contributed by atoms with van der Waals surface area (Å²) >= 11 is 0. The molecular weight excluding hydrogens is 168 g/mol. The standard InChI is InChI=1S/C10H16O3/c1-2-3-7-13-9-6-4-5-8(9)10(11)12/h2,8-9H,1,3-7H2,(H,11,12). The number of hydrogen-bond acceptors (Lipinski definition) is 2. The topological polar surface area (TPSA) is 46.5 Å². The van der Waals surface area contributed by atoms with Crippen molar-refractivity contribution in [2.75, 3.05) is 6.61 Å². The van der Waals surface area contributed by atoms with E-state index in [-0.39, 0.29) is 12.0 Å². The van der Waals surface area contributed by atoms with Crippen LogP contribution in [-0.2, 0) is 9.53 Å². The van der Waals surface area contributed by atoms with Crippen LogP contribution in [0.2, 0.25) is 0 Å². The van der Waals surface area contributed by atoms with Gasteiger partial charge >= 0.3 is 5.97 Å². The first-order valence-electron chi connectivity index (χ1n) is 4.71. The Hall–Kier alpha value is -0.830. The van der Waals surface area contributed by atoms with Gasteiger partial charge in [0.2, 0.25) is 0 Å². The quantitative estimate of drug-likeness (QED) is 0.523. The fourth-order valence-corrected chi connectivity index (χ4v) is 1.71. The normalized spacial score (nSPS) is 27.4. The van der Waals surface area contributed by atoms with Crippen LogP contribution in [0.3, 0.4) is 0 Å². The summed E-state index contributed by atoms with van der Waals surface area (Å²) in [6.45, 7) is 4.18. The van der Waals surface area contributed by atoms with Crippen LogP contribution in [-0.4, -0.2) is 23.8 Å². The number of carboxylic acid groups (broad SMARTS) is 1. The maximum Gasteiger partial charge on any atom is 0.309 e. The van der Waals surface area contributed by atoms with Gasteiger partial charge in [0.15, 0.2) is 0 Å². The molecule has 0 heterocycles. The van der Waals surface area contributed by atoms with E-state index in [1.807, 2.05) is 0 Å². The van der Waals surface area contributed by atoms with E-state index < -0.39 is 5.97 Å². The van der Waals surface area contributed by atoms with Gasteiger partial charge in [-0.05, 0) is 25.7 Å². The molecule has 0 aromatic heterocycles. The third kappa shape index (κ3) is 2.84. The van der Waals surface area contributed by atoms with Gasteiger partial charge in [-0.2, -0.15) is 0 Å². The van der Waals surface area contributed by atoms with Gasteiger partial charge in [-0.1, -0.05) is 6.08 Å². The van der Waals surface area contributed by atoms with Gasteiger partial charge in [-0.3, -0.25) is 4.79 Å². The Kier molecular flexibility index (Phi) is 3.96. The predicted octanol–water partition coefficient (Wildman–Crippen LogP) is 1.83. The molecule has 1 rings (SSSR count). The maximum atomic E-state index is 10.7. The van der Waals surface area contributed by atoms with Gasteiger partial charge in [0.1, 0.15) is 0 Å². The molecular formula is C10H16O3. The van der Waals surface area contributed by atoms with E-state index in [4.69, 9.17) is 9.84 Å². The van der Waals surface area contributed by atoms with Crippen LogP contribution in [0, 0.1) is 5.92 Å². The Morgan fingerprint density at radius 3 is 3.00 bits per heavy atom. The Morgan fingerprint density at radius 2 is 2.38 bits per heavy atom. The van der Waals surface area contributed by atoms with Gasteiger partial charge in [-0.25, -0.2) is 0 Å². The molecule has 1 aliphatic rings. The molecule has 74 valence electrons. The fourth-order valence-electron chi connectivity index (χ4n) is 1.71. The molecule has 0 saturated heterocycles. The number of hydrogen-bond donors (Lipinski definition) is 1. The van der Waals surface area contributed by atoms with Crippen molar-refractivity contribution in [3.8, 4) is 0 Å². The molecule has 0 aromatic carbocycles. The van der Waals surface area contributed by atoms with Crippen molar-refractivity contribution >= 4 is 5.97 Å². The lowest BCUT2D eigenvalue weighted by Gasteiger charge is -2.15. The second-order valence-electron chi connectivity index (χ2n) is 3.36. The summed E-state index contributed by atoms with van der Waals surface area (Å²) in [5.74, 6) is -1.01. The van der Waals surface area contributed by atoms with E-state index in [1.54, 1.807) is 6.08 Å². The first kappa shape index (κ1) is 10.3. The van der Waals surface area contributed by atoms with Crippen molar-refractivity contribution in [1.29, 1.82) is 0 Å². The minimum absolute atomic E-state index is 0.0718. The summed E-state index contributed by atoms with van der Waals surface area (Å²) in [6.07, 6.45) is 5.11. The zero-order valence-electron chi connectivity index (χ0n) is 7.74. The van der Waals surface area contributed by atoms with Gasteiger partial charge in [0.25, 0.3) is 0 Å². The number of rotatable bonds is 5. The molecule has 3 nitrogen and oxygen atoms in total. The Bertz CT molecular complexity index is 189. The van der Waals surface area contributed by atoms with E-state index in [0.717, 1.165) is 25.7 Å². The number of carbonyl (C=O) groups is 1. The molecule has 0 radical (unpaired) electrons. The van der Waals surface area contributed by atoms with Gasteiger partial charge < -0.3 is 9.84 Å². The number of ether oxygens (including phenoxy) is 1. The van der Waals surface area contributed by atoms with Gasteiger partial charge in [0.05, 0.1) is 18.6 Å². The molecule has 0 spiro atoms. The van der Waals surface area contributed by atoms with Gasteiger partial charge in [-0.15, -0.1) is 6.58 Å². The third-order valence-electron chi connectivity index (χ3n) is 2.42. The second-order valence-corrected chi connectivity index (χ2v) is 3.36. The first-order valence-corrected chi connectivity index (χ1v) is 4.71. The summed E-state index contributed by atoms with van der Waals surface area (Å²) in [6, 6.07) is 0. The maximum absolute atomic E-state index is 10.7. The van der Waals surface area contributed by atoms with Crippen LogP contribution in [0.15, 0.2) is 12.7 Å². The highest BCUT2D eigenvalue weighted by Gasteiger charge is 2.33. The number of aliphatic carboxylic acids is 1. The van der Waals surface area contributed by atoms with Crippen LogP contribution < -0.4 is 0 Å². The van der Waals surface area contributed by atoms with E-state index >= 15 is 0 Å². The molecule has 2 atom stereocenters. The molecule has 1 N–H and O–H groups in total. The molecule has 0 aromatic rings. The summed E-state index contributed by atoms with van der Waals surface area (Å²) in [4.78, 5) is 10.7. The lowest BCUT2D eigenvalue weighted by molar-refractivity contribution is -0.146. The molecule has 13 heavy (non-hydrogen) atoms.